The maximum absolute atomic E-state index is 11.1. The molecule has 1 heterocycles. The van der Waals surface area contributed by atoms with E-state index in [1.165, 1.54) is 0 Å². The third-order valence-corrected chi connectivity index (χ3v) is 2.74. The number of carboxylic acid groups (broad SMARTS) is 1. The summed E-state index contributed by atoms with van der Waals surface area (Å²) in [5.41, 5.74) is -0.602. The Balaban J connectivity index is 3.18. The number of unbranched alkanes of at least 4 members (excludes halogenated alkanes) is 1. The van der Waals surface area contributed by atoms with Crippen molar-refractivity contribution < 1.29 is 19.9 Å². The van der Waals surface area contributed by atoms with Crippen LogP contribution in [0.5, 0.6) is 0 Å². The van der Waals surface area contributed by atoms with Gasteiger partial charge < -0.3 is 15.1 Å². The highest BCUT2D eigenvalue weighted by atomic mass is 16.6. The van der Waals surface area contributed by atoms with Crippen LogP contribution >= 0.6 is 0 Å². The van der Waals surface area contributed by atoms with E-state index in [-0.39, 0.29) is 30.2 Å². The summed E-state index contributed by atoms with van der Waals surface area (Å²) in [7, 11) is 0. The zero-order valence-electron chi connectivity index (χ0n) is 11.2. The number of aromatic nitrogens is 1. The normalized spacial score (nSPS) is 10.3. The van der Waals surface area contributed by atoms with E-state index < -0.39 is 10.9 Å². The fourth-order valence-electron chi connectivity index (χ4n) is 1.73. The quantitative estimate of drug-likeness (QED) is 0.545. The van der Waals surface area contributed by atoms with Crippen molar-refractivity contribution in [3.63, 3.8) is 0 Å². The number of hydrogen-bond acceptors (Lipinski definition) is 6. The third-order valence-electron chi connectivity index (χ3n) is 2.74. The lowest BCUT2D eigenvalue weighted by Crippen LogP contribution is -2.29. The van der Waals surface area contributed by atoms with Gasteiger partial charge in [0.25, 0.3) is 0 Å². The Morgan fingerprint density at radius 3 is 2.70 bits per heavy atom. The van der Waals surface area contributed by atoms with Gasteiger partial charge >= 0.3 is 11.7 Å². The first-order chi connectivity index (χ1) is 9.51. The van der Waals surface area contributed by atoms with Crippen molar-refractivity contribution in [3.8, 4) is 0 Å². The summed E-state index contributed by atoms with van der Waals surface area (Å²) in [5.74, 6) is -1.18. The molecule has 0 aliphatic heterocycles. The molecular weight excluding hydrogens is 266 g/mol. The van der Waals surface area contributed by atoms with Crippen molar-refractivity contribution in [2.24, 2.45) is 0 Å². The minimum atomic E-state index is -1.27. The smallest absolute Gasteiger partial charge is 0.337 e. The van der Waals surface area contributed by atoms with Crippen LogP contribution in [0.4, 0.5) is 11.5 Å². The van der Waals surface area contributed by atoms with Gasteiger partial charge in [-0.05, 0) is 6.42 Å². The molecule has 0 unspecified atom stereocenters. The zero-order valence-corrected chi connectivity index (χ0v) is 11.2. The predicted molar refractivity (Wildman–Crippen MR) is 72.1 cm³/mol. The zero-order chi connectivity index (χ0) is 15.1. The molecule has 8 nitrogen and oxygen atoms in total. The van der Waals surface area contributed by atoms with Crippen molar-refractivity contribution >= 4 is 17.5 Å². The second kappa shape index (κ2) is 7.39. The number of pyridine rings is 1. The van der Waals surface area contributed by atoms with Crippen LogP contribution in [0.25, 0.3) is 0 Å². The van der Waals surface area contributed by atoms with Crippen molar-refractivity contribution in [1.29, 1.82) is 0 Å². The molecule has 0 bridgehead atoms. The van der Waals surface area contributed by atoms with Gasteiger partial charge in [0.15, 0.2) is 0 Å². The molecule has 1 aromatic heterocycles. The van der Waals surface area contributed by atoms with Crippen LogP contribution in [0.1, 0.15) is 30.1 Å². The minimum Gasteiger partial charge on any atom is -0.478 e. The fourth-order valence-corrected chi connectivity index (χ4v) is 1.73. The summed E-state index contributed by atoms with van der Waals surface area (Å²) < 4.78 is 0. The molecule has 2 N–H and O–H groups in total. The van der Waals surface area contributed by atoms with E-state index in [0.29, 0.717) is 6.54 Å². The Kier molecular flexibility index (Phi) is 5.85. The lowest BCUT2D eigenvalue weighted by molar-refractivity contribution is -0.384. The molecule has 0 saturated carbocycles. The monoisotopic (exact) mass is 283 g/mol. The van der Waals surface area contributed by atoms with Crippen LogP contribution in [0, 0.1) is 10.1 Å². The molecule has 0 spiro atoms. The van der Waals surface area contributed by atoms with Crippen molar-refractivity contribution in [2.45, 2.75) is 19.8 Å². The van der Waals surface area contributed by atoms with Gasteiger partial charge in [0, 0.05) is 25.4 Å². The summed E-state index contributed by atoms with van der Waals surface area (Å²) in [6, 6.07) is 0.987. The number of carbonyl (C=O) groups is 1. The number of nitrogens with zero attached hydrogens (tertiary/aromatic N) is 3. The van der Waals surface area contributed by atoms with Gasteiger partial charge in [-0.3, -0.25) is 10.1 Å². The summed E-state index contributed by atoms with van der Waals surface area (Å²) in [6.45, 7) is 2.54. The van der Waals surface area contributed by atoms with E-state index in [0.717, 1.165) is 25.1 Å². The average Bonchev–Trinajstić information content (AvgIpc) is 2.42. The van der Waals surface area contributed by atoms with E-state index >= 15 is 0 Å². The molecule has 0 saturated heterocycles. The number of nitro groups is 1. The second-order valence-electron chi connectivity index (χ2n) is 4.19. The number of rotatable bonds is 8. The predicted octanol–water partition coefficient (Wildman–Crippen LogP) is 1.29. The number of aliphatic hydroxyl groups excluding tert-OH is 1. The van der Waals surface area contributed by atoms with E-state index in [1.54, 1.807) is 4.90 Å². The van der Waals surface area contributed by atoms with Crippen LogP contribution in [0.15, 0.2) is 12.3 Å². The van der Waals surface area contributed by atoms with Crippen molar-refractivity contribution in [3.05, 3.63) is 27.9 Å². The molecular formula is C12H17N3O5. The number of aliphatic hydroxyl groups is 1. The Bertz CT molecular complexity index is 492. The van der Waals surface area contributed by atoms with Gasteiger partial charge in [-0.2, -0.15) is 0 Å². The summed E-state index contributed by atoms with van der Waals surface area (Å²) in [5, 5.41) is 28.9. The maximum Gasteiger partial charge on any atom is 0.337 e. The molecule has 20 heavy (non-hydrogen) atoms. The largest absolute Gasteiger partial charge is 0.478 e. The molecule has 0 fully saturated rings. The highest BCUT2D eigenvalue weighted by Crippen LogP contribution is 2.26. The molecule has 0 aliphatic rings. The molecule has 0 aliphatic carbocycles. The number of carboxylic acids is 1. The van der Waals surface area contributed by atoms with E-state index in [9.17, 15) is 14.9 Å². The molecule has 1 aromatic rings. The van der Waals surface area contributed by atoms with Crippen LogP contribution < -0.4 is 4.90 Å². The van der Waals surface area contributed by atoms with E-state index in [4.69, 9.17) is 10.2 Å². The molecule has 110 valence electrons. The first kappa shape index (κ1) is 15.8. The van der Waals surface area contributed by atoms with Crippen LogP contribution in [0.3, 0.4) is 0 Å². The van der Waals surface area contributed by atoms with E-state index in [2.05, 4.69) is 4.98 Å². The first-order valence-corrected chi connectivity index (χ1v) is 6.24. The van der Waals surface area contributed by atoms with Crippen LogP contribution in [-0.2, 0) is 0 Å². The minimum absolute atomic E-state index is 0.0856. The van der Waals surface area contributed by atoms with Gasteiger partial charge in [-0.1, -0.05) is 13.3 Å². The number of hydrogen-bond donors (Lipinski definition) is 2. The molecule has 0 radical (unpaired) electrons. The fraction of sp³-hybridized carbons (Fsp3) is 0.500. The second-order valence-corrected chi connectivity index (χ2v) is 4.19. The topological polar surface area (TPSA) is 117 Å². The van der Waals surface area contributed by atoms with E-state index in [1.807, 2.05) is 6.92 Å². The molecule has 8 heteroatoms. The molecule has 0 aromatic carbocycles. The first-order valence-electron chi connectivity index (χ1n) is 6.24. The van der Waals surface area contributed by atoms with Gasteiger partial charge in [-0.25, -0.2) is 9.78 Å². The molecule has 0 amide bonds. The Labute approximate surface area is 115 Å². The Morgan fingerprint density at radius 2 is 2.20 bits per heavy atom. The lowest BCUT2D eigenvalue weighted by atomic mass is 10.2. The average molecular weight is 283 g/mol. The Hall–Kier alpha value is -2.22. The van der Waals surface area contributed by atoms with Gasteiger partial charge in [0.05, 0.1) is 17.1 Å². The highest BCUT2D eigenvalue weighted by Gasteiger charge is 2.23. The Morgan fingerprint density at radius 1 is 1.50 bits per heavy atom. The number of aromatic carboxylic acids is 1. The third kappa shape index (κ3) is 3.89. The summed E-state index contributed by atoms with van der Waals surface area (Å²) >= 11 is 0. The van der Waals surface area contributed by atoms with Crippen molar-refractivity contribution in [1.82, 2.24) is 4.98 Å². The van der Waals surface area contributed by atoms with Crippen molar-refractivity contribution in [2.75, 3.05) is 24.6 Å². The van der Waals surface area contributed by atoms with Gasteiger partial charge in [0.2, 0.25) is 5.82 Å². The van der Waals surface area contributed by atoms with Gasteiger partial charge in [0.1, 0.15) is 0 Å². The molecule has 1 rings (SSSR count). The van der Waals surface area contributed by atoms with Gasteiger partial charge in [-0.15, -0.1) is 0 Å². The highest BCUT2D eigenvalue weighted by molar-refractivity contribution is 5.88. The molecule has 0 atom stereocenters. The summed E-state index contributed by atoms with van der Waals surface area (Å²) in [4.78, 5) is 26.7. The number of anilines is 1. The van der Waals surface area contributed by atoms with Crippen LogP contribution in [-0.4, -0.2) is 45.8 Å². The lowest BCUT2D eigenvalue weighted by Gasteiger charge is -2.22. The SMILES string of the molecule is CCCCN(CCO)c1ncc(C(=O)O)cc1[N+](=O)[O-]. The maximum atomic E-state index is 11.1. The summed E-state index contributed by atoms with van der Waals surface area (Å²) in [6.07, 6.45) is 2.77. The van der Waals surface area contributed by atoms with Crippen LogP contribution in [0.2, 0.25) is 0 Å². The standard InChI is InChI=1S/C12H17N3O5/c1-2-3-4-14(5-6-16)11-10(15(19)20)7-9(8-13-11)12(17)18/h7-8,16H,2-6H2,1H3,(H,17,18).